The zero-order chi connectivity index (χ0) is 22.1. The number of carbonyl (C=O) groups excluding carboxylic acids is 2. The fourth-order valence-electron chi connectivity index (χ4n) is 4.29. The third-order valence-electron chi connectivity index (χ3n) is 5.92. The molecule has 0 saturated carbocycles. The van der Waals surface area contributed by atoms with E-state index in [0.29, 0.717) is 42.4 Å². The first-order chi connectivity index (χ1) is 14.9. The Bertz CT molecular complexity index is 1050. The monoisotopic (exact) mass is 419 g/mol. The van der Waals surface area contributed by atoms with Crippen molar-refractivity contribution in [3.05, 3.63) is 64.9 Å². The molecule has 2 aliphatic rings. The first kappa shape index (κ1) is 21.1. The zero-order valence-electron chi connectivity index (χ0n) is 18.6. The van der Waals surface area contributed by atoms with Crippen molar-refractivity contribution < 1.29 is 14.3 Å². The number of likely N-dealkylation sites (N-methyl/N-ethyl adjacent to an activating group) is 1. The average molecular weight is 420 g/mol. The number of carbonyl (C=O) groups is 2. The van der Waals surface area contributed by atoms with Crippen molar-refractivity contribution in [1.29, 1.82) is 0 Å². The quantitative estimate of drug-likeness (QED) is 0.697. The van der Waals surface area contributed by atoms with E-state index in [9.17, 15) is 9.59 Å². The molecule has 0 aromatic heterocycles. The summed E-state index contributed by atoms with van der Waals surface area (Å²) < 4.78 is 5.60. The maximum absolute atomic E-state index is 13.7. The highest BCUT2D eigenvalue weighted by Gasteiger charge is 2.43. The fourth-order valence-corrected chi connectivity index (χ4v) is 4.29. The van der Waals surface area contributed by atoms with Gasteiger partial charge in [0.15, 0.2) is 0 Å². The van der Waals surface area contributed by atoms with E-state index < -0.39 is 0 Å². The Morgan fingerprint density at radius 2 is 1.68 bits per heavy atom. The SMILES string of the molecule is CCOc1cccc(N2C(=O)C(c3ccc(C)cc3C)=C(N3CCN(C)CC3)C2=O)c1. The number of benzene rings is 2. The Morgan fingerprint density at radius 3 is 2.35 bits per heavy atom. The van der Waals surface area contributed by atoms with Crippen LogP contribution in [-0.4, -0.2) is 61.4 Å². The third kappa shape index (κ3) is 3.95. The van der Waals surface area contributed by atoms with Gasteiger partial charge in [-0.15, -0.1) is 0 Å². The number of rotatable bonds is 5. The maximum atomic E-state index is 13.7. The van der Waals surface area contributed by atoms with Crippen LogP contribution in [0.3, 0.4) is 0 Å². The molecule has 0 bridgehead atoms. The molecule has 2 amide bonds. The van der Waals surface area contributed by atoms with Gasteiger partial charge in [0, 0.05) is 32.2 Å². The highest BCUT2D eigenvalue weighted by atomic mass is 16.5. The van der Waals surface area contributed by atoms with Crippen LogP contribution in [0, 0.1) is 13.8 Å². The number of aryl methyl sites for hydroxylation is 2. The van der Waals surface area contributed by atoms with Crippen LogP contribution in [0.5, 0.6) is 5.75 Å². The molecule has 0 N–H and O–H groups in total. The van der Waals surface area contributed by atoms with Crippen molar-refractivity contribution in [2.45, 2.75) is 20.8 Å². The van der Waals surface area contributed by atoms with E-state index in [1.165, 1.54) is 4.90 Å². The minimum absolute atomic E-state index is 0.266. The number of imide groups is 1. The van der Waals surface area contributed by atoms with Gasteiger partial charge in [-0.1, -0.05) is 29.8 Å². The summed E-state index contributed by atoms with van der Waals surface area (Å²) in [6.45, 7) is 9.58. The molecule has 1 saturated heterocycles. The molecule has 2 aromatic carbocycles. The number of piperazine rings is 1. The van der Waals surface area contributed by atoms with Crippen molar-refractivity contribution in [3.63, 3.8) is 0 Å². The number of hydrogen-bond acceptors (Lipinski definition) is 5. The van der Waals surface area contributed by atoms with Crippen molar-refractivity contribution >= 4 is 23.1 Å². The summed E-state index contributed by atoms with van der Waals surface area (Å²) >= 11 is 0. The van der Waals surface area contributed by atoms with Crippen LogP contribution < -0.4 is 9.64 Å². The standard InChI is InChI=1S/C25H29N3O3/c1-5-31-20-8-6-7-19(16-20)28-24(29)22(21-10-9-17(2)15-18(21)3)23(25(28)30)27-13-11-26(4)12-14-27/h6-10,15-16H,5,11-14H2,1-4H3. The van der Waals surface area contributed by atoms with Gasteiger partial charge >= 0.3 is 0 Å². The van der Waals surface area contributed by atoms with Crippen LogP contribution in [0.1, 0.15) is 23.6 Å². The number of anilines is 1. The molecular formula is C25H29N3O3. The Balaban J connectivity index is 1.81. The molecule has 162 valence electrons. The molecule has 0 aliphatic carbocycles. The highest BCUT2D eigenvalue weighted by molar-refractivity contribution is 6.45. The van der Waals surface area contributed by atoms with E-state index >= 15 is 0 Å². The number of ether oxygens (including phenoxy) is 1. The zero-order valence-corrected chi connectivity index (χ0v) is 18.6. The van der Waals surface area contributed by atoms with Gasteiger partial charge in [-0.05, 0) is 51.1 Å². The van der Waals surface area contributed by atoms with Crippen LogP contribution >= 0.6 is 0 Å². The van der Waals surface area contributed by atoms with E-state index in [2.05, 4.69) is 22.9 Å². The summed E-state index contributed by atoms with van der Waals surface area (Å²) in [6.07, 6.45) is 0. The molecule has 0 atom stereocenters. The van der Waals surface area contributed by atoms with E-state index in [-0.39, 0.29) is 11.8 Å². The van der Waals surface area contributed by atoms with Crippen LogP contribution in [0.2, 0.25) is 0 Å². The Labute approximate surface area is 183 Å². The minimum atomic E-state index is -0.278. The van der Waals surface area contributed by atoms with Gasteiger partial charge in [0.05, 0.1) is 17.9 Å². The second kappa shape index (κ2) is 8.55. The summed E-state index contributed by atoms with van der Waals surface area (Å²) in [5, 5.41) is 0. The van der Waals surface area contributed by atoms with Crippen molar-refractivity contribution in [3.8, 4) is 5.75 Å². The van der Waals surface area contributed by atoms with E-state index in [4.69, 9.17) is 4.74 Å². The topological polar surface area (TPSA) is 53.1 Å². The molecule has 2 aliphatic heterocycles. The number of nitrogens with zero attached hydrogens (tertiary/aromatic N) is 3. The van der Waals surface area contributed by atoms with Gasteiger partial charge in [-0.2, -0.15) is 0 Å². The van der Waals surface area contributed by atoms with E-state index in [1.807, 2.05) is 45.0 Å². The summed E-state index contributed by atoms with van der Waals surface area (Å²) in [4.78, 5) is 33.0. The van der Waals surface area contributed by atoms with E-state index in [0.717, 1.165) is 29.8 Å². The lowest BCUT2D eigenvalue weighted by Gasteiger charge is -2.34. The van der Waals surface area contributed by atoms with Crippen molar-refractivity contribution in [2.24, 2.45) is 0 Å². The molecule has 6 nitrogen and oxygen atoms in total. The van der Waals surface area contributed by atoms with Gasteiger partial charge in [-0.3, -0.25) is 9.59 Å². The second-order valence-electron chi connectivity index (χ2n) is 8.21. The summed E-state index contributed by atoms with van der Waals surface area (Å²) in [5.74, 6) is 0.0967. The number of amides is 2. The summed E-state index contributed by atoms with van der Waals surface area (Å²) in [6, 6.07) is 13.2. The van der Waals surface area contributed by atoms with Crippen LogP contribution in [0.25, 0.3) is 5.57 Å². The van der Waals surface area contributed by atoms with Gasteiger partial charge in [0.25, 0.3) is 11.8 Å². The molecule has 1 fully saturated rings. The first-order valence-electron chi connectivity index (χ1n) is 10.8. The van der Waals surface area contributed by atoms with Crippen LogP contribution in [0.4, 0.5) is 5.69 Å². The molecule has 4 rings (SSSR count). The summed E-state index contributed by atoms with van der Waals surface area (Å²) in [7, 11) is 2.07. The molecule has 0 unspecified atom stereocenters. The summed E-state index contributed by atoms with van der Waals surface area (Å²) in [5.41, 5.74) is 4.48. The van der Waals surface area contributed by atoms with Crippen molar-refractivity contribution in [1.82, 2.24) is 9.80 Å². The lowest BCUT2D eigenvalue weighted by molar-refractivity contribution is -0.120. The maximum Gasteiger partial charge on any atom is 0.282 e. The average Bonchev–Trinajstić information content (AvgIpc) is 2.99. The predicted octanol–water partition coefficient (Wildman–Crippen LogP) is 3.23. The molecule has 2 heterocycles. The van der Waals surface area contributed by atoms with Crippen LogP contribution in [-0.2, 0) is 9.59 Å². The first-order valence-corrected chi connectivity index (χ1v) is 10.8. The van der Waals surface area contributed by atoms with Gasteiger partial charge in [0.1, 0.15) is 11.4 Å². The fraction of sp³-hybridized carbons (Fsp3) is 0.360. The molecular weight excluding hydrogens is 390 g/mol. The number of hydrogen-bond donors (Lipinski definition) is 0. The molecule has 2 aromatic rings. The smallest absolute Gasteiger partial charge is 0.282 e. The predicted molar refractivity (Wildman–Crippen MR) is 122 cm³/mol. The Morgan fingerprint density at radius 1 is 0.935 bits per heavy atom. The lowest BCUT2D eigenvalue weighted by atomic mass is 9.97. The van der Waals surface area contributed by atoms with E-state index in [1.54, 1.807) is 12.1 Å². The molecule has 0 radical (unpaired) electrons. The minimum Gasteiger partial charge on any atom is -0.494 e. The van der Waals surface area contributed by atoms with Crippen molar-refractivity contribution in [2.75, 3.05) is 44.7 Å². The van der Waals surface area contributed by atoms with Gasteiger partial charge in [0.2, 0.25) is 0 Å². The largest absolute Gasteiger partial charge is 0.494 e. The third-order valence-corrected chi connectivity index (χ3v) is 5.92. The normalized spacial score (nSPS) is 17.7. The van der Waals surface area contributed by atoms with Gasteiger partial charge < -0.3 is 14.5 Å². The lowest BCUT2D eigenvalue weighted by Crippen LogP contribution is -2.46. The van der Waals surface area contributed by atoms with Crippen LogP contribution in [0.15, 0.2) is 48.2 Å². The highest BCUT2D eigenvalue weighted by Crippen LogP contribution is 2.37. The second-order valence-corrected chi connectivity index (χ2v) is 8.21. The molecule has 6 heteroatoms. The van der Waals surface area contributed by atoms with Gasteiger partial charge in [-0.25, -0.2) is 4.90 Å². The molecule has 31 heavy (non-hydrogen) atoms. The Kier molecular flexibility index (Phi) is 5.83. The Hall–Kier alpha value is -3.12. The molecule has 0 spiro atoms.